The zero-order chi connectivity index (χ0) is 22.6. The minimum absolute atomic E-state index is 0.0136. The van der Waals surface area contributed by atoms with Crippen molar-refractivity contribution in [2.75, 3.05) is 13.7 Å². The number of hydrogen-bond donors (Lipinski definition) is 1. The Morgan fingerprint density at radius 1 is 1.26 bits per heavy atom. The number of alkyl halides is 2. The second-order valence-electron chi connectivity index (χ2n) is 7.11. The average molecular weight is 468 g/mol. The summed E-state index contributed by atoms with van der Waals surface area (Å²) in [5.41, 5.74) is 1.69. The van der Waals surface area contributed by atoms with Gasteiger partial charge in [0.05, 0.1) is 6.61 Å². The fourth-order valence-corrected chi connectivity index (χ4v) is 3.66. The lowest BCUT2D eigenvalue weighted by Crippen LogP contribution is -2.13. The van der Waals surface area contributed by atoms with Crippen molar-refractivity contribution in [1.29, 1.82) is 0 Å². The second kappa shape index (κ2) is 9.87. The molecular formula is C22H22Cl2FN2O4. The summed E-state index contributed by atoms with van der Waals surface area (Å²) in [6.45, 7) is 1.47. The van der Waals surface area contributed by atoms with E-state index in [1.54, 1.807) is 37.3 Å². The first-order valence-electron chi connectivity index (χ1n) is 9.48. The summed E-state index contributed by atoms with van der Waals surface area (Å²) >= 11 is 12.0. The maximum absolute atomic E-state index is 15.0. The van der Waals surface area contributed by atoms with Crippen molar-refractivity contribution in [3.63, 3.8) is 0 Å². The third-order valence-electron chi connectivity index (χ3n) is 5.02. The first-order chi connectivity index (χ1) is 14.8. The van der Waals surface area contributed by atoms with E-state index >= 15 is 0 Å². The Morgan fingerprint density at radius 3 is 2.55 bits per heavy atom. The molecule has 1 radical (unpaired) electrons. The topological polar surface area (TPSA) is 86.0 Å². The van der Waals surface area contributed by atoms with Crippen molar-refractivity contribution in [2.24, 2.45) is 17.0 Å². The van der Waals surface area contributed by atoms with Crippen molar-refractivity contribution in [3.8, 4) is 5.75 Å². The minimum atomic E-state index is -0.766. The number of halogens is 3. The predicted octanol–water partition coefficient (Wildman–Crippen LogP) is 5.00. The molecule has 165 valence electrons. The molecule has 0 aliphatic heterocycles. The fourth-order valence-electron chi connectivity index (χ4n) is 3.16. The third-order valence-corrected chi connectivity index (χ3v) is 5.94. The Hall–Kier alpha value is -2.32. The Balaban J connectivity index is 1.93. The van der Waals surface area contributed by atoms with E-state index in [1.165, 1.54) is 19.2 Å². The number of nitrogens with zero attached hydrogens (tertiary/aromatic N) is 1. The number of benzene rings is 2. The summed E-state index contributed by atoms with van der Waals surface area (Å²) in [5, 5.41) is 15.5. The predicted molar refractivity (Wildman–Crippen MR) is 117 cm³/mol. The van der Waals surface area contributed by atoms with Crippen LogP contribution in [0.15, 0.2) is 53.2 Å². The molecule has 2 aromatic carbocycles. The SMILES string of the molecule is CON=C(C(C)=C(ON)c1ccccc1C[O])c1ccc(OCC2CC2(Cl)Cl)cc1F. The number of oxime groups is 1. The molecule has 1 aliphatic carbocycles. The van der Waals surface area contributed by atoms with Crippen LogP contribution in [0.2, 0.25) is 0 Å². The van der Waals surface area contributed by atoms with Gasteiger partial charge in [-0.05, 0) is 31.0 Å². The van der Waals surface area contributed by atoms with E-state index in [1.807, 2.05) is 0 Å². The Labute approximate surface area is 189 Å². The Kier molecular flexibility index (Phi) is 7.43. The summed E-state index contributed by atoms with van der Waals surface area (Å²) in [4.78, 5) is 10.0. The van der Waals surface area contributed by atoms with Crippen molar-refractivity contribution >= 4 is 34.7 Å². The highest BCUT2D eigenvalue weighted by Gasteiger charge is 2.52. The quantitative estimate of drug-likeness (QED) is 0.243. The Bertz CT molecular complexity index is 1010. The van der Waals surface area contributed by atoms with E-state index < -0.39 is 16.8 Å². The zero-order valence-corrected chi connectivity index (χ0v) is 18.5. The molecule has 1 saturated carbocycles. The molecule has 1 fully saturated rings. The summed E-state index contributed by atoms with van der Waals surface area (Å²) in [6, 6.07) is 11.2. The van der Waals surface area contributed by atoms with Crippen LogP contribution in [-0.4, -0.2) is 23.8 Å². The molecule has 0 aromatic heterocycles. The summed E-state index contributed by atoms with van der Waals surface area (Å²) < 4.78 is 19.8. The zero-order valence-electron chi connectivity index (χ0n) is 17.0. The molecule has 2 aromatic rings. The lowest BCUT2D eigenvalue weighted by molar-refractivity contribution is 0.176. The molecule has 0 bridgehead atoms. The van der Waals surface area contributed by atoms with Crippen LogP contribution in [0.1, 0.15) is 30.0 Å². The van der Waals surface area contributed by atoms with Gasteiger partial charge in [-0.1, -0.05) is 29.4 Å². The van der Waals surface area contributed by atoms with E-state index in [0.717, 1.165) is 0 Å². The van der Waals surface area contributed by atoms with Gasteiger partial charge in [-0.3, -0.25) is 0 Å². The molecule has 1 atom stereocenters. The molecule has 3 rings (SSSR count). The Morgan fingerprint density at radius 2 is 1.97 bits per heavy atom. The van der Waals surface area contributed by atoms with Gasteiger partial charge in [0.25, 0.3) is 0 Å². The average Bonchev–Trinajstić information content (AvgIpc) is 3.38. The highest BCUT2D eigenvalue weighted by atomic mass is 35.5. The molecule has 1 unspecified atom stereocenters. The van der Waals surface area contributed by atoms with Gasteiger partial charge in [-0.15, -0.1) is 23.2 Å². The molecule has 2 N–H and O–H groups in total. The number of nitrogens with two attached hydrogens (primary N) is 1. The first kappa shape index (κ1) is 23.3. The van der Waals surface area contributed by atoms with E-state index in [9.17, 15) is 9.50 Å². The van der Waals surface area contributed by atoms with E-state index in [4.69, 9.17) is 43.5 Å². The van der Waals surface area contributed by atoms with E-state index in [2.05, 4.69) is 5.16 Å². The highest BCUT2D eigenvalue weighted by molar-refractivity contribution is 6.50. The standard InChI is InChI=1S/C22H22Cl2FN2O4/c1-13(21(31-26)17-6-4-3-5-14(17)11-28)20(27-29-2)18-8-7-16(9-19(18)25)30-12-15-10-22(15,23)24/h3-9,15H,10-12,26H2,1-2H3. The first-order valence-corrected chi connectivity index (χ1v) is 10.2. The van der Waals surface area contributed by atoms with Crippen molar-refractivity contribution in [1.82, 2.24) is 0 Å². The fraction of sp³-hybridized carbons (Fsp3) is 0.318. The molecule has 9 heteroatoms. The van der Waals surface area contributed by atoms with E-state index in [-0.39, 0.29) is 23.0 Å². The maximum atomic E-state index is 15.0. The summed E-state index contributed by atoms with van der Waals surface area (Å²) in [7, 11) is 1.34. The van der Waals surface area contributed by atoms with Crippen molar-refractivity contribution in [3.05, 3.63) is 70.5 Å². The van der Waals surface area contributed by atoms with Gasteiger partial charge in [0.1, 0.15) is 35.3 Å². The van der Waals surface area contributed by atoms with Crippen LogP contribution in [-0.2, 0) is 21.4 Å². The lowest BCUT2D eigenvalue weighted by atomic mass is 9.97. The van der Waals surface area contributed by atoms with Crippen LogP contribution in [0.5, 0.6) is 5.75 Å². The maximum Gasteiger partial charge on any atom is 0.159 e. The van der Waals surface area contributed by atoms with Gasteiger partial charge in [0.2, 0.25) is 0 Å². The van der Waals surface area contributed by atoms with Gasteiger partial charge in [-0.25, -0.2) is 9.50 Å². The van der Waals surface area contributed by atoms with Gasteiger partial charge >= 0.3 is 0 Å². The van der Waals surface area contributed by atoms with Gasteiger partial charge in [0.15, 0.2) is 5.76 Å². The number of allylic oxidation sites excluding steroid dienone is 1. The molecule has 6 nitrogen and oxygen atoms in total. The number of rotatable bonds is 9. The van der Waals surface area contributed by atoms with Gasteiger partial charge in [-0.2, -0.15) is 5.90 Å². The van der Waals surface area contributed by atoms with Gasteiger partial charge in [0, 0.05) is 28.7 Å². The molecule has 0 heterocycles. The highest BCUT2D eigenvalue weighted by Crippen LogP contribution is 2.53. The van der Waals surface area contributed by atoms with Crippen LogP contribution in [0.25, 0.3) is 5.76 Å². The molecule has 0 amide bonds. The number of ether oxygens (including phenoxy) is 1. The van der Waals surface area contributed by atoms with Crippen molar-refractivity contribution < 1.29 is 23.9 Å². The van der Waals surface area contributed by atoms with Gasteiger partial charge < -0.3 is 14.4 Å². The van der Waals surface area contributed by atoms with Crippen molar-refractivity contribution in [2.45, 2.75) is 24.3 Å². The molecule has 0 saturated heterocycles. The summed E-state index contributed by atoms with van der Waals surface area (Å²) in [6.07, 6.45) is 0.637. The third kappa shape index (κ3) is 5.30. The minimum Gasteiger partial charge on any atom is -0.493 e. The number of hydrogen-bond acceptors (Lipinski definition) is 5. The van der Waals surface area contributed by atoms with Crippen LogP contribution in [0.3, 0.4) is 0 Å². The van der Waals surface area contributed by atoms with Crippen LogP contribution in [0, 0.1) is 11.7 Å². The molecule has 1 aliphatic rings. The monoisotopic (exact) mass is 467 g/mol. The lowest BCUT2D eigenvalue weighted by Gasteiger charge is -2.15. The van der Waals surface area contributed by atoms with Crippen LogP contribution < -0.4 is 10.6 Å². The molecular weight excluding hydrogens is 446 g/mol. The molecule has 0 spiro atoms. The van der Waals surface area contributed by atoms with Crippen LogP contribution in [0.4, 0.5) is 4.39 Å². The normalized spacial score (nSPS) is 18.3. The second-order valence-corrected chi connectivity index (χ2v) is 8.65. The smallest absolute Gasteiger partial charge is 0.159 e. The van der Waals surface area contributed by atoms with E-state index in [0.29, 0.717) is 35.5 Å². The summed E-state index contributed by atoms with van der Waals surface area (Å²) in [5.74, 6) is 5.47. The van der Waals surface area contributed by atoms with Crippen LogP contribution >= 0.6 is 23.2 Å². The molecule has 31 heavy (non-hydrogen) atoms. The largest absolute Gasteiger partial charge is 0.493 e.